The molecule has 0 saturated carbocycles. The summed E-state index contributed by atoms with van der Waals surface area (Å²) in [6, 6.07) is 3.77. The van der Waals surface area contributed by atoms with Gasteiger partial charge in [-0.3, -0.25) is 4.79 Å². The molecule has 1 rings (SSSR count). The van der Waals surface area contributed by atoms with Crippen molar-refractivity contribution in [3.8, 4) is 0 Å². The van der Waals surface area contributed by atoms with E-state index in [-0.39, 0.29) is 17.5 Å². The van der Waals surface area contributed by atoms with Crippen LogP contribution in [0.25, 0.3) is 0 Å². The minimum absolute atomic E-state index is 0.0183. The van der Waals surface area contributed by atoms with Crippen molar-refractivity contribution in [1.82, 2.24) is 5.32 Å². The monoisotopic (exact) mass is 231 g/mol. The summed E-state index contributed by atoms with van der Waals surface area (Å²) in [6.07, 6.45) is 0.487. The Morgan fingerprint density at radius 3 is 2.87 bits per heavy atom. The molecule has 0 unspecified atom stereocenters. The van der Waals surface area contributed by atoms with Crippen LogP contribution in [-0.2, 0) is 0 Å². The van der Waals surface area contributed by atoms with E-state index < -0.39 is 5.82 Å². The van der Waals surface area contributed by atoms with Crippen LogP contribution >= 0.6 is 11.6 Å². The van der Waals surface area contributed by atoms with Gasteiger partial charge in [0.05, 0.1) is 5.02 Å². The third-order valence-electron chi connectivity index (χ3n) is 1.80. The van der Waals surface area contributed by atoms with Crippen LogP contribution in [0.4, 0.5) is 4.39 Å². The minimum Gasteiger partial charge on any atom is -0.396 e. The van der Waals surface area contributed by atoms with E-state index in [9.17, 15) is 9.18 Å². The SMILES string of the molecule is O=C(NCCCO)c1ccc(F)c(Cl)c1. The van der Waals surface area contributed by atoms with Crippen LogP contribution in [0.3, 0.4) is 0 Å². The summed E-state index contributed by atoms with van der Waals surface area (Å²) in [6.45, 7) is 0.398. The van der Waals surface area contributed by atoms with Crippen molar-refractivity contribution in [2.24, 2.45) is 0 Å². The summed E-state index contributed by atoms with van der Waals surface area (Å²) >= 11 is 5.52. The third-order valence-corrected chi connectivity index (χ3v) is 2.09. The van der Waals surface area contributed by atoms with Crippen molar-refractivity contribution in [3.05, 3.63) is 34.6 Å². The molecule has 3 nitrogen and oxygen atoms in total. The first-order valence-corrected chi connectivity index (χ1v) is 4.87. The highest BCUT2D eigenvalue weighted by Crippen LogP contribution is 2.15. The molecule has 1 aromatic carbocycles. The molecule has 0 radical (unpaired) electrons. The number of nitrogens with one attached hydrogen (secondary N) is 1. The van der Waals surface area contributed by atoms with Gasteiger partial charge in [0, 0.05) is 18.7 Å². The number of hydrogen-bond acceptors (Lipinski definition) is 2. The molecule has 0 aliphatic carbocycles. The maximum Gasteiger partial charge on any atom is 0.251 e. The topological polar surface area (TPSA) is 49.3 Å². The number of carbonyl (C=O) groups excluding carboxylic acids is 1. The summed E-state index contributed by atoms with van der Waals surface area (Å²) in [5.41, 5.74) is 0.305. The van der Waals surface area contributed by atoms with Crippen LogP contribution in [0.2, 0.25) is 5.02 Å². The zero-order valence-electron chi connectivity index (χ0n) is 7.96. The Hall–Kier alpha value is -1.13. The van der Waals surface area contributed by atoms with Crippen molar-refractivity contribution < 1.29 is 14.3 Å². The average molecular weight is 232 g/mol. The van der Waals surface area contributed by atoms with Gasteiger partial charge in [-0.1, -0.05) is 11.6 Å². The molecule has 15 heavy (non-hydrogen) atoms. The molecular weight excluding hydrogens is 221 g/mol. The molecule has 0 aliphatic rings. The number of amides is 1. The molecule has 0 fully saturated rings. The van der Waals surface area contributed by atoms with E-state index in [1.54, 1.807) is 0 Å². The second-order valence-corrected chi connectivity index (χ2v) is 3.37. The highest BCUT2D eigenvalue weighted by atomic mass is 35.5. The Bertz CT molecular complexity index is 357. The molecule has 0 spiro atoms. The predicted octanol–water partition coefficient (Wildman–Crippen LogP) is 1.59. The van der Waals surface area contributed by atoms with Gasteiger partial charge in [0.2, 0.25) is 0 Å². The van der Waals surface area contributed by atoms with Crippen LogP contribution in [0.5, 0.6) is 0 Å². The van der Waals surface area contributed by atoms with E-state index in [1.165, 1.54) is 12.1 Å². The second kappa shape index (κ2) is 5.68. The largest absolute Gasteiger partial charge is 0.396 e. The van der Waals surface area contributed by atoms with Gasteiger partial charge in [0.15, 0.2) is 0 Å². The molecule has 0 atom stereocenters. The number of benzene rings is 1. The van der Waals surface area contributed by atoms with Crippen molar-refractivity contribution in [3.63, 3.8) is 0 Å². The first-order chi connectivity index (χ1) is 7.15. The van der Waals surface area contributed by atoms with Gasteiger partial charge in [-0.2, -0.15) is 0 Å². The fourth-order valence-corrected chi connectivity index (χ4v) is 1.20. The number of halogens is 2. The van der Waals surface area contributed by atoms with E-state index in [2.05, 4.69) is 5.32 Å². The fourth-order valence-electron chi connectivity index (χ4n) is 1.02. The van der Waals surface area contributed by atoms with Gasteiger partial charge in [0.1, 0.15) is 5.82 Å². The number of aliphatic hydroxyl groups is 1. The summed E-state index contributed by atoms with van der Waals surface area (Å²) in [4.78, 5) is 11.4. The number of rotatable bonds is 4. The fraction of sp³-hybridized carbons (Fsp3) is 0.300. The number of carbonyl (C=O) groups is 1. The quantitative estimate of drug-likeness (QED) is 0.774. The van der Waals surface area contributed by atoms with E-state index >= 15 is 0 Å². The standard InChI is InChI=1S/C10H11ClFNO2/c11-8-6-7(2-3-9(8)12)10(15)13-4-1-5-14/h2-3,6,14H,1,4-5H2,(H,13,15). The molecule has 1 amide bonds. The van der Waals surface area contributed by atoms with Gasteiger partial charge in [-0.25, -0.2) is 4.39 Å². The lowest BCUT2D eigenvalue weighted by atomic mass is 10.2. The Balaban J connectivity index is 2.62. The Labute approximate surface area is 91.9 Å². The van der Waals surface area contributed by atoms with Crippen molar-refractivity contribution >= 4 is 17.5 Å². The zero-order chi connectivity index (χ0) is 11.3. The molecule has 0 aromatic heterocycles. The number of aliphatic hydroxyl groups excluding tert-OH is 1. The molecule has 82 valence electrons. The molecule has 2 N–H and O–H groups in total. The maximum absolute atomic E-state index is 12.8. The van der Waals surface area contributed by atoms with Crippen molar-refractivity contribution in [2.75, 3.05) is 13.2 Å². The highest BCUT2D eigenvalue weighted by Gasteiger charge is 2.07. The first kappa shape index (κ1) is 11.9. The third kappa shape index (κ3) is 3.49. The lowest BCUT2D eigenvalue weighted by Gasteiger charge is -2.04. The summed E-state index contributed by atoms with van der Waals surface area (Å²) < 4.78 is 12.8. The van der Waals surface area contributed by atoms with E-state index in [0.717, 1.165) is 6.07 Å². The minimum atomic E-state index is -0.552. The van der Waals surface area contributed by atoms with Crippen molar-refractivity contribution in [2.45, 2.75) is 6.42 Å². The molecule has 0 aliphatic heterocycles. The normalized spacial score (nSPS) is 10.1. The van der Waals surface area contributed by atoms with Crippen LogP contribution in [-0.4, -0.2) is 24.2 Å². The second-order valence-electron chi connectivity index (χ2n) is 2.96. The van der Waals surface area contributed by atoms with E-state index in [1.807, 2.05) is 0 Å². The molecule has 5 heteroatoms. The lowest BCUT2D eigenvalue weighted by Crippen LogP contribution is -2.25. The summed E-state index contributed by atoms with van der Waals surface area (Å²) in [5, 5.41) is 11.0. The maximum atomic E-state index is 12.8. The lowest BCUT2D eigenvalue weighted by molar-refractivity contribution is 0.0951. The van der Waals surface area contributed by atoms with Crippen molar-refractivity contribution in [1.29, 1.82) is 0 Å². The smallest absolute Gasteiger partial charge is 0.251 e. The van der Waals surface area contributed by atoms with Crippen LogP contribution in [0.15, 0.2) is 18.2 Å². The van der Waals surface area contributed by atoms with Gasteiger partial charge in [0.25, 0.3) is 5.91 Å². The molecule has 1 aromatic rings. The summed E-state index contributed by atoms with van der Waals surface area (Å²) in [5.74, 6) is -0.881. The summed E-state index contributed by atoms with van der Waals surface area (Å²) in [7, 11) is 0. The molecule has 0 saturated heterocycles. The Morgan fingerprint density at radius 1 is 1.53 bits per heavy atom. The average Bonchev–Trinajstić information content (AvgIpc) is 2.22. The van der Waals surface area contributed by atoms with Gasteiger partial charge >= 0.3 is 0 Å². The molecular formula is C10H11ClFNO2. The van der Waals surface area contributed by atoms with E-state index in [4.69, 9.17) is 16.7 Å². The Kier molecular flexibility index (Phi) is 4.52. The zero-order valence-corrected chi connectivity index (χ0v) is 8.72. The molecule has 0 bridgehead atoms. The van der Waals surface area contributed by atoms with Gasteiger partial charge in [-0.15, -0.1) is 0 Å². The van der Waals surface area contributed by atoms with Gasteiger partial charge < -0.3 is 10.4 Å². The Morgan fingerprint density at radius 2 is 2.27 bits per heavy atom. The van der Waals surface area contributed by atoms with E-state index in [0.29, 0.717) is 18.5 Å². The number of hydrogen-bond donors (Lipinski definition) is 2. The highest BCUT2D eigenvalue weighted by molar-refractivity contribution is 6.31. The predicted molar refractivity (Wildman–Crippen MR) is 55.4 cm³/mol. The van der Waals surface area contributed by atoms with Gasteiger partial charge in [-0.05, 0) is 24.6 Å². The van der Waals surface area contributed by atoms with Crippen LogP contribution in [0.1, 0.15) is 16.8 Å². The first-order valence-electron chi connectivity index (χ1n) is 4.49. The van der Waals surface area contributed by atoms with Crippen LogP contribution in [0, 0.1) is 5.82 Å². The van der Waals surface area contributed by atoms with Crippen LogP contribution < -0.4 is 5.32 Å². The molecule has 0 heterocycles.